The molecule has 0 heterocycles. The molecule has 1 N–H and O–H groups in total. The minimum Gasteiger partial charge on any atom is -0.494 e. The van der Waals surface area contributed by atoms with Crippen molar-refractivity contribution in [1.82, 2.24) is 0 Å². The number of carbonyl (C=O) groups is 1. The highest BCUT2D eigenvalue weighted by Gasteiger charge is 1.99. The summed E-state index contributed by atoms with van der Waals surface area (Å²) in [6.07, 6.45) is 4.26. The standard InChI is InChI=1S/C20H23NO3/c1-3-15-24-19-10-5-16(6-11-19)7-14-20(22)21-17-8-12-18(13-9-17)23-4-2/h5-14H,3-4,15H2,1-2H3,(H,21,22). The van der Waals surface area contributed by atoms with Gasteiger partial charge in [0.25, 0.3) is 0 Å². The summed E-state index contributed by atoms with van der Waals surface area (Å²) in [5.74, 6) is 1.45. The van der Waals surface area contributed by atoms with Crippen molar-refractivity contribution in [2.45, 2.75) is 20.3 Å². The monoisotopic (exact) mass is 325 g/mol. The molecule has 2 rings (SSSR count). The van der Waals surface area contributed by atoms with Gasteiger partial charge in [-0.2, -0.15) is 0 Å². The molecule has 0 unspecified atom stereocenters. The van der Waals surface area contributed by atoms with Gasteiger partial charge in [0.05, 0.1) is 13.2 Å². The Labute approximate surface area is 143 Å². The van der Waals surface area contributed by atoms with Crippen LogP contribution in [0.5, 0.6) is 11.5 Å². The molecule has 4 heteroatoms. The molecule has 0 saturated carbocycles. The van der Waals surface area contributed by atoms with Gasteiger partial charge in [-0.1, -0.05) is 19.1 Å². The van der Waals surface area contributed by atoms with Crippen molar-refractivity contribution < 1.29 is 14.3 Å². The Hall–Kier alpha value is -2.75. The minimum absolute atomic E-state index is 0.175. The second-order valence-corrected chi connectivity index (χ2v) is 5.20. The van der Waals surface area contributed by atoms with E-state index in [4.69, 9.17) is 9.47 Å². The molecular formula is C20H23NO3. The summed E-state index contributed by atoms with van der Waals surface area (Å²) in [5, 5.41) is 2.81. The van der Waals surface area contributed by atoms with Gasteiger partial charge in [-0.05, 0) is 61.4 Å². The van der Waals surface area contributed by atoms with E-state index in [-0.39, 0.29) is 5.91 Å². The maximum absolute atomic E-state index is 12.0. The van der Waals surface area contributed by atoms with Gasteiger partial charge in [-0.3, -0.25) is 4.79 Å². The van der Waals surface area contributed by atoms with Gasteiger partial charge in [0, 0.05) is 11.8 Å². The first-order valence-electron chi connectivity index (χ1n) is 8.16. The first-order chi connectivity index (χ1) is 11.7. The fourth-order valence-corrected chi connectivity index (χ4v) is 2.05. The largest absolute Gasteiger partial charge is 0.494 e. The molecule has 126 valence electrons. The van der Waals surface area contributed by atoms with E-state index in [1.165, 1.54) is 6.08 Å². The van der Waals surface area contributed by atoms with Crippen LogP contribution in [-0.4, -0.2) is 19.1 Å². The van der Waals surface area contributed by atoms with E-state index >= 15 is 0 Å². The van der Waals surface area contributed by atoms with E-state index in [0.29, 0.717) is 13.2 Å². The zero-order chi connectivity index (χ0) is 17.2. The lowest BCUT2D eigenvalue weighted by Gasteiger charge is -2.05. The van der Waals surface area contributed by atoms with E-state index in [2.05, 4.69) is 12.2 Å². The van der Waals surface area contributed by atoms with Crippen LogP contribution in [0.25, 0.3) is 6.08 Å². The van der Waals surface area contributed by atoms with Crippen LogP contribution < -0.4 is 14.8 Å². The molecule has 0 spiro atoms. The van der Waals surface area contributed by atoms with Gasteiger partial charge in [0.1, 0.15) is 11.5 Å². The molecule has 0 atom stereocenters. The molecular weight excluding hydrogens is 302 g/mol. The van der Waals surface area contributed by atoms with Gasteiger partial charge in [-0.15, -0.1) is 0 Å². The summed E-state index contributed by atoms with van der Waals surface area (Å²) in [5.41, 5.74) is 1.68. The fraction of sp³-hybridized carbons (Fsp3) is 0.250. The second-order valence-electron chi connectivity index (χ2n) is 5.20. The number of amides is 1. The predicted molar refractivity (Wildman–Crippen MR) is 97.5 cm³/mol. The lowest BCUT2D eigenvalue weighted by Crippen LogP contribution is -2.07. The molecule has 0 aliphatic carbocycles. The molecule has 0 fully saturated rings. The number of benzene rings is 2. The lowest BCUT2D eigenvalue weighted by atomic mass is 10.2. The Morgan fingerprint density at radius 2 is 1.58 bits per heavy atom. The Morgan fingerprint density at radius 3 is 2.21 bits per heavy atom. The molecule has 0 aromatic heterocycles. The number of anilines is 1. The van der Waals surface area contributed by atoms with Crippen LogP contribution in [0, 0.1) is 0 Å². The highest BCUT2D eigenvalue weighted by Crippen LogP contribution is 2.16. The van der Waals surface area contributed by atoms with Crippen molar-refractivity contribution in [3.05, 3.63) is 60.2 Å². The van der Waals surface area contributed by atoms with E-state index in [9.17, 15) is 4.79 Å². The van der Waals surface area contributed by atoms with Crippen LogP contribution in [0.2, 0.25) is 0 Å². The third-order valence-electron chi connectivity index (χ3n) is 3.21. The topological polar surface area (TPSA) is 47.6 Å². The SMILES string of the molecule is CCCOc1ccc(C=CC(=O)Nc2ccc(OCC)cc2)cc1. The maximum Gasteiger partial charge on any atom is 0.248 e. The predicted octanol–water partition coefficient (Wildman–Crippen LogP) is 4.53. The van der Waals surface area contributed by atoms with Crippen LogP contribution in [-0.2, 0) is 4.79 Å². The maximum atomic E-state index is 12.0. The molecule has 0 radical (unpaired) electrons. The molecule has 0 bridgehead atoms. The normalized spacial score (nSPS) is 10.6. The minimum atomic E-state index is -0.175. The van der Waals surface area contributed by atoms with E-state index in [1.54, 1.807) is 6.08 Å². The summed E-state index contributed by atoms with van der Waals surface area (Å²) in [6.45, 7) is 5.33. The smallest absolute Gasteiger partial charge is 0.248 e. The van der Waals surface area contributed by atoms with E-state index in [0.717, 1.165) is 29.2 Å². The van der Waals surface area contributed by atoms with Gasteiger partial charge in [0.2, 0.25) is 5.91 Å². The van der Waals surface area contributed by atoms with Gasteiger partial charge in [0.15, 0.2) is 0 Å². The molecule has 4 nitrogen and oxygen atoms in total. The fourth-order valence-electron chi connectivity index (χ4n) is 2.05. The third-order valence-corrected chi connectivity index (χ3v) is 3.21. The highest BCUT2D eigenvalue weighted by atomic mass is 16.5. The Balaban J connectivity index is 1.87. The number of carbonyl (C=O) groups excluding carboxylic acids is 1. The first kappa shape index (κ1) is 17.6. The second kappa shape index (κ2) is 9.40. The van der Waals surface area contributed by atoms with E-state index in [1.807, 2.05) is 55.5 Å². The average molecular weight is 325 g/mol. The summed E-state index contributed by atoms with van der Waals surface area (Å²) >= 11 is 0. The highest BCUT2D eigenvalue weighted by molar-refractivity contribution is 6.01. The van der Waals surface area contributed by atoms with Crippen molar-refractivity contribution in [2.24, 2.45) is 0 Å². The van der Waals surface area contributed by atoms with Crippen LogP contribution >= 0.6 is 0 Å². The summed E-state index contributed by atoms with van der Waals surface area (Å²) in [4.78, 5) is 12.0. The molecule has 0 aliphatic heterocycles. The summed E-state index contributed by atoms with van der Waals surface area (Å²) in [7, 11) is 0. The zero-order valence-electron chi connectivity index (χ0n) is 14.1. The molecule has 0 saturated heterocycles. The molecule has 2 aromatic carbocycles. The Kier molecular flexibility index (Phi) is 6.90. The van der Waals surface area contributed by atoms with Gasteiger partial charge in [-0.25, -0.2) is 0 Å². The molecule has 0 aliphatic rings. The number of hydrogen-bond acceptors (Lipinski definition) is 3. The van der Waals surface area contributed by atoms with Crippen molar-refractivity contribution in [1.29, 1.82) is 0 Å². The number of ether oxygens (including phenoxy) is 2. The van der Waals surface area contributed by atoms with Crippen LogP contribution in [0.15, 0.2) is 54.6 Å². The van der Waals surface area contributed by atoms with Crippen LogP contribution in [0.1, 0.15) is 25.8 Å². The molecule has 1 amide bonds. The quantitative estimate of drug-likeness (QED) is 0.726. The number of nitrogens with one attached hydrogen (secondary N) is 1. The summed E-state index contributed by atoms with van der Waals surface area (Å²) in [6, 6.07) is 14.9. The average Bonchev–Trinajstić information content (AvgIpc) is 2.61. The summed E-state index contributed by atoms with van der Waals surface area (Å²) < 4.78 is 10.9. The first-order valence-corrected chi connectivity index (χ1v) is 8.16. The number of hydrogen-bond donors (Lipinski definition) is 1. The zero-order valence-corrected chi connectivity index (χ0v) is 14.1. The Morgan fingerprint density at radius 1 is 0.958 bits per heavy atom. The lowest BCUT2D eigenvalue weighted by molar-refractivity contribution is -0.111. The third kappa shape index (κ3) is 5.80. The van der Waals surface area contributed by atoms with Crippen LogP contribution in [0.3, 0.4) is 0 Å². The van der Waals surface area contributed by atoms with Crippen molar-refractivity contribution in [3.63, 3.8) is 0 Å². The van der Waals surface area contributed by atoms with Crippen molar-refractivity contribution in [2.75, 3.05) is 18.5 Å². The van der Waals surface area contributed by atoms with E-state index < -0.39 is 0 Å². The van der Waals surface area contributed by atoms with Crippen LogP contribution in [0.4, 0.5) is 5.69 Å². The van der Waals surface area contributed by atoms with Gasteiger partial charge < -0.3 is 14.8 Å². The van der Waals surface area contributed by atoms with Gasteiger partial charge >= 0.3 is 0 Å². The molecule has 24 heavy (non-hydrogen) atoms. The Bertz CT molecular complexity index is 660. The number of rotatable bonds is 8. The molecule has 2 aromatic rings. The van der Waals surface area contributed by atoms with Crippen molar-refractivity contribution in [3.8, 4) is 11.5 Å². The van der Waals surface area contributed by atoms with Crippen molar-refractivity contribution >= 4 is 17.7 Å².